The number of rotatable bonds is 3. The molecule has 0 saturated carbocycles. The molecule has 18 heavy (non-hydrogen) atoms. The topological polar surface area (TPSA) is 43.8 Å². The van der Waals surface area contributed by atoms with Crippen molar-refractivity contribution < 1.29 is 0 Å². The zero-order chi connectivity index (χ0) is 13.3. The first kappa shape index (κ1) is 13.4. The van der Waals surface area contributed by atoms with Crippen LogP contribution in [0.25, 0.3) is 5.69 Å². The largest absolute Gasteiger partial charge is 0.328 e. The van der Waals surface area contributed by atoms with Crippen LogP contribution >= 0.6 is 23.2 Å². The van der Waals surface area contributed by atoms with Crippen LogP contribution in [-0.4, -0.2) is 15.8 Å². The fourth-order valence-electron chi connectivity index (χ4n) is 1.85. The molecule has 1 aromatic carbocycles. The predicted octanol–water partition coefficient (Wildman–Crippen LogP) is 3.38. The molecular formula is C13H15Cl2N3. The highest BCUT2D eigenvalue weighted by molar-refractivity contribution is 6.31. The molecule has 1 unspecified atom stereocenters. The van der Waals surface area contributed by atoms with Gasteiger partial charge in [0.2, 0.25) is 0 Å². The van der Waals surface area contributed by atoms with Crippen LogP contribution in [0.5, 0.6) is 0 Å². The molecule has 2 aromatic rings. The van der Waals surface area contributed by atoms with Crippen molar-refractivity contribution in [3.63, 3.8) is 0 Å². The van der Waals surface area contributed by atoms with E-state index in [2.05, 4.69) is 5.10 Å². The van der Waals surface area contributed by atoms with Crippen molar-refractivity contribution >= 4 is 23.2 Å². The molecule has 96 valence electrons. The summed E-state index contributed by atoms with van der Waals surface area (Å²) in [6.45, 7) is 3.82. The quantitative estimate of drug-likeness (QED) is 0.939. The van der Waals surface area contributed by atoms with Crippen LogP contribution in [0.1, 0.15) is 18.2 Å². The molecule has 1 atom stereocenters. The van der Waals surface area contributed by atoms with Gasteiger partial charge in [-0.3, -0.25) is 0 Å². The lowest BCUT2D eigenvalue weighted by atomic mass is 10.1. The van der Waals surface area contributed by atoms with Gasteiger partial charge in [-0.1, -0.05) is 29.3 Å². The van der Waals surface area contributed by atoms with Crippen molar-refractivity contribution in [1.29, 1.82) is 0 Å². The number of aryl methyl sites for hydroxylation is 1. The lowest BCUT2D eigenvalue weighted by molar-refractivity contribution is 0.727. The van der Waals surface area contributed by atoms with Gasteiger partial charge in [-0.15, -0.1) is 0 Å². The summed E-state index contributed by atoms with van der Waals surface area (Å²) in [5.41, 5.74) is 8.58. The van der Waals surface area contributed by atoms with Gasteiger partial charge in [0.05, 0.1) is 16.4 Å². The Balaban J connectivity index is 2.53. The second-order valence-corrected chi connectivity index (χ2v) is 5.24. The van der Waals surface area contributed by atoms with Gasteiger partial charge in [0.25, 0.3) is 0 Å². The van der Waals surface area contributed by atoms with Crippen LogP contribution in [0.4, 0.5) is 0 Å². The fraction of sp³-hybridized carbons (Fsp3) is 0.308. The highest BCUT2D eigenvalue weighted by Gasteiger charge is 2.12. The molecule has 0 amide bonds. The summed E-state index contributed by atoms with van der Waals surface area (Å²) in [6, 6.07) is 5.76. The molecule has 2 rings (SSSR count). The zero-order valence-electron chi connectivity index (χ0n) is 10.3. The van der Waals surface area contributed by atoms with E-state index in [-0.39, 0.29) is 6.04 Å². The van der Waals surface area contributed by atoms with Gasteiger partial charge in [0, 0.05) is 17.3 Å². The van der Waals surface area contributed by atoms with Gasteiger partial charge in [0.15, 0.2) is 0 Å². The van der Waals surface area contributed by atoms with Gasteiger partial charge < -0.3 is 5.73 Å². The van der Waals surface area contributed by atoms with Gasteiger partial charge in [0.1, 0.15) is 0 Å². The molecule has 5 heteroatoms. The molecule has 0 spiro atoms. The Labute approximate surface area is 117 Å². The van der Waals surface area contributed by atoms with E-state index in [1.165, 1.54) is 0 Å². The lowest BCUT2D eigenvalue weighted by Gasteiger charge is -2.13. The predicted molar refractivity (Wildman–Crippen MR) is 75.7 cm³/mol. The van der Waals surface area contributed by atoms with Gasteiger partial charge in [-0.2, -0.15) is 5.10 Å². The molecule has 0 aliphatic heterocycles. The standard InChI is InChI=1S/C13H15Cl2N3/c1-8(16)6-10-11(14)4-3-5-13(10)18-7-12(15)9(2)17-18/h3-5,7-8H,6,16H2,1-2H3. The van der Waals surface area contributed by atoms with Gasteiger partial charge >= 0.3 is 0 Å². The molecule has 0 saturated heterocycles. The van der Waals surface area contributed by atoms with Crippen LogP contribution in [-0.2, 0) is 6.42 Å². The fourth-order valence-corrected chi connectivity index (χ4v) is 2.23. The second kappa shape index (κ2) is 5.31. The van der Waals surface area contributed by atoms with E-state index in [0.29, 0.717) is 16.5 Å². The monoisotopic (exact) mass is 283 g/mol. The van der Waals surface area contributed by atoms with Crippen molar-refractivity contribution in [2.45, 2.75) is 26.3 Å². The summed E-state index contributed by atoms with van der Waals surface area (Å²) in [6.07, 6.45) is 2.48. The molecule has 1 aromatic heterocycles. The average Bonchev–Trinajstić information content (AvgIpc) is 2.61. The maximum atomic E-state index is 6.24. The number of benzene rings is 1. The van der Waals surface area contributed by atoms with Crippen LogP contribution in [0.15, 0.2) is 24.4 Å². The molecule has 3 nitrogen and oxygen atoms in total. The second-order valence-electron chi connectivity index (χ2n) is 4.43. The maximum Gasteiger partial charge on any atom is 0.0819 e. The molecule has 0 aliphatic carbocycles. The third kappa shape index (κ3) is 2.69. The number of aromatic nitrogens is 2. The van der Waals surface area contributed by atoms with E-state index in [0.717, 1.165) is 16.9 Å². The molecular weight excluding hydrogens is 269 g/mol. The summed E-state index contributed by atoms with van der Waals surface area (Å²) in [4.78, 5) is 0. The average molecular weight is 284 g/mol. The van der Waals surface area contributed by atoms with E-state index in [1.807, 2.05) is 32.0 Å². The number of halogens is 2. The minimum atomic E-state index is 0.0378. The van der Waals surface area contributed by atoms with Crippen LogP contribution in [0, 0.1) is 6.92 Å². The smallest absolute Gasteiger partial charge is 0.0819 e. The lowest BCUT2D eigenvalue weighted by Crippen LogP contribution is -2.19. The van der Waals surface area contributed by atoms with E-state index < -0.39 is 0 Å². The maximum absolute atomic E-state index is 6.24. The summed E-state index contributed by atoms with van der Waals surface area (Å²) in [7, 11) is 0. The summed E-state index contributed by atoms with van der Waals surface area (Å²) in [5.74, 6) is 0. The Morgan fingerprint density at radius 1 is 1.33 bits per heavy atom. The SMILES string of the molecule is Cc1nn(-c2cccc(Cl)c2CC(C)N)cc1Cl. The molecule has 1 heterocycles. The number of hydrogen-bond acceptors (Lipinski definition) is 2. The Morgan fingerprint density at radius 2 is 2.06 bits per heavy atom. The third-order valence-corrected chi connectivity index (χ3v) is 3.43. The number of nitrogens with two attached hydrogens (primary N) is 1. The molecule has 0 aliphatic rings. The van der Waals surface area contributed by atoms with Crippen LogP contribution in [0.2, 0.25) is 10.0 Å². The first-order chi connectivity index (χ1) is 8.49. The van der Waals surface area contributed by atoms with Crippen LogP contribution in [0.3, 0.4) is 0 Å². The van der Waals surface area contributed by atoms with Crippen molar-refractivity contribution in [3.05, 3.63) is 45.7 Å². The molecule has 0 fully saturated rings. The normalized spacial score (nSPS) is 12.7. The first-order valence-electron chi connectivity index (χ1n) is 5.74. The Morgan fingerprint density at radius 3 is 2.61 bits per heavy atom. The minimum Gasteiger partial charge on any atom is -0.328 e. The zero-order valence-corrected chi connectivity index (χ0v) is 11.8. The molecule has 0 radical (unpaired) electrons. The molecule has 2 N–H and O–H groups in total. The van der Waals surface area contributed by atoms with Crippen molar-refractivity contribution in [2.75, 3.05) is 0 Å². The highest BCUT2D eigenvalue weighted by atomic mass is 35.5. The third-order valence-electron chi connectivity index (χ3n) is 2.71. The highest BCUT2D eigenvalue weighted by Crippen LogP contribution is 2.26. The Bertz CT molecular complexity index is 542. The summed E-state index contributed by atoms with van der Waals surface area (Å²) >= 11 is 12.3. The first-order valence-corrected chi connectivity index (χ1v) is 6.49. The van der Waals surface area contributed by atoms with Crippen molar-refractivity contribution in [3.8, 4) is 5.69 Å². The van der Waals surface area contributed by atoms with Gasteiger partial charge in [-0.25, -0.2) is 4.68 Å². The van der Waals surface area contributed by atoms with Crippen molar-refractivity contribution in [1.82, 2.24) is 9.78 Å². The van der Waals surface area contributed by atoms with Crippen LogP contribution < -0.4 is 5.73 Å². The minimum absolute atomic E-state index is 0.0378. The summed E-state index contributed by atoms with van der Waals surface area (Å²) in [5, 5.41) is 5.72. The number of hydrogen-bond donors (Lipinski definition) is 1. The number of nitrogens with zero attached hydrogens (tertiary/aromatic N) is 2. The van der Waals surface area contributed by atoms with E-state index >= 15 is 0 Å². The van der Waals surface area contributed by atoms with E-state index in [9.17, 15) is 0 Å². The molecule has 0 bridgehead atoms. The Kier molecular flexibility index (Phi) is 3.95. The van der Waals surface area contributed by atoms with Crippen molar-refractivity contribution in [2.24, 2.45) is 5.73 Å². The summed E-state index contributed by atoms with van der Waals surface area (Å²) < 4.78 is 1.75. The van der Waals surface area contributed by atoms with E-state index in [4.69, 9.17) is 28.9 Å². The van der Waals surface area contributed by atoms with Gasteiger partial charge in [-0.05, 0) is 38.0 Å². The Hall–Kier alpha value is -1.03. The van der Waals surface area contributed by atoms with E-state index in [1.54, 1.807) is 10.9 Å².